The smallest absolute Gasteiger partial charge is 0.268 e. The number of halogens is 1. The first kappa shape index (κ1) is 15.5. The molecule has 23 heavy (non-hydrogen) atoms. The van der Waals surface area contributed by atoms with E-state index in [1.807, 2.05) is 32.0 Å². The summed E-state index contributed by atoms with van der Waals surface area (Å²) in [5, 5.41) is -0.322. The molecule has 0 spiro atoms. The fraction of sp³-hybridized carbons (Fsp3) is 0.111. The Bertz CT molecular complexity index is 827. The van der Waals surface area contributed by atoms with Gasteiger partial charge in [-0.2, -0.15) is 0 Å². The number of anilines is 1. The maximum atomic E-state index is 12.9. The van der Waals surface area contributed by atoms with Crippen LogP contribution in [0, 0.1) is 19.7 Å². The van der Waals surface area contributed by atoms with Gasteiger partial charge in [-0.1, -0.05) is 24.3 Å². The van der Waals surface area contributed by atoms with Crippen molar-refractivity contribution in [2.45, 2.75) is 13.8 Å². The molecule has 116 valence electrons. The summed E-state index contributed by atoms with van der Waals surface area (Å²) in [5.41, 5.74) is 3.13. The minimum absolute atomic E-state index is 0.322. The number of carbonyl (C=O) groups excluding carboxylic acids is 2. The lowest BCUT2D eigenvalue weighted by Gasteiger charge is -2.15. The molecule has 2 amide bonds. The molecule has 3 rings (SSSR count). The summed E-state index contributed by atoms with van der Waals surface area (Å²) >= 11 is 0.895. The molecule has 1 saturated heterocycles. The van der Waals surface area contributed by atoms with Gasteiger partial charge in [-0.05, 0) is 66.6 Å². The molecule has 0 bridgehead atoms. The average Bonchev–Trinajstić information content (AvgIpc) is 2.78. The van der Waals surface area contributed by atoms with Gasteiger partial charge in [-0.15, -0.1) is 0 Å². The van der Waals surface area contributed by atoms with E-state index in [-0.39, 0.29) is 17.0 Å². The summed E-state index contributed by atoms with van der Waals surface area (Å²) < 4.78 is 12.9. The van der Waals surface area contributed by atoms with Gasteiger partial charge in [0.1, 0.15) is 5.82 Å². The molecule has 1 aliphatic rings. The van der Waals surface area contributed by atoms with Crippen molar-refractivity contribution >= 4 is 34.7 Å². The van der Waals surface area contributed by atoms with Gasteiger partial charge in [0, 0.05) is 0 Å². The fourth-order valence-electron chi connectivity index (χ4n) is 2.35. The van der Waals surface area contributed by atoms with E-state index in [0.717, 1.165) is 22.9 Å². The van der Waals surface area contributed by atoms with E-state index < -0.39 is 0 Å². The van der Waals surface area contributed by atoms with Crippen LogP contribution in [0.15, 0.2) is 47.4 Å². The standard InChI is InChI=1S/C18H14FNO2S/c1-11-3-4-12(2)15(9-11)20-17(21)16(23-18(20)22)10-13-5-7-14(19)8-6-13/h3-10H,1-2H3/b16-10-. The average molecular weight is 327 g/mol. The molecule has 0 saturated carbocycles. The summed E-state index contributed by atoms with van der Waals surface area (Å²) in [7, 11) is 0. The SMILES string of the molecule is Cc1ccc(C)c(N2C(=O)S/C(=C\c3ccc(F)cc3)C2=O)c1. The van der Waals surface area contributed by atoms with Gasteiger partial charge in [0.15, 0.2) is 0 Å². The lowest BCUT2D eigenvalue weighted by atomic mass is 10.1. The number of hydrogen-bond donors (Lipinski definition) is 0. The summed E-state index contributed by atoms with van der Waals surface area (Å²) in [6.07, 6.45) is 1.61. The Kier molecular flexibility index (Phi) is 4.05. The predicted molar refractivity (Wildman–Crippen MR) is 90.8 cm³/mol. The van der Waals surface area contributed by atoms with Crippen molar-refractivity contribution in [3.05, 3.63) is 69.9 Å². The van der Waals surface area contributed by atoms with Crippen LogP contribution in [-0.2, 0) is 4.79 Å². The minimum atomic E-state index is -0.349. The molecule has 0 aliphatic carbocycles. The first-order valence-corrected chi connectivity index (χ1v) is 7.88. The third-order valence-electron chi connectivity index (χ3n) is 3.57. The highest BCUT2D eigenvalue weighted by Gasteiger charge is 2.36. The van der Waals surface area contributed by atoms with Crippen molar-refractivity contribution in [1.82, 2.24) is 0 Å². The molecule has 0 atom stereocenters. The Balaban J connectivity index is 1.97. The predicted octanol–water partition coefficient (Wildman–Crippen LogP) is 4.68. The Morgan fingerprint density at radius 3 is 2.43 bits per heavy atom. The first-order chi connectivity index (χ1) is 11.0. The number of thioether (sulfide) groups is 1. The van der Waals surface area contributed by atoms with Gasteiger partial charge in [0.25, 0.3) is 11.1 Å². The number of aryl methyl sites for hydroxylation is 2. The van der Waals surface area contributed by atoms with Crippen molar-refractivity contribution in [2.24, 2.45) is 0 Å². The van der Waals surface area contributed by atoms with Gasteiger partial charge in [0.2, 0.25) is 0 Å². The second kappa shape index (κ2) is 6.01. The molecule has 2 aromatic rings. The summed E-state index contributed by atoms with van der Waals surface area (Å²) in [5.74, 6) is -0.691. The van der Waals surface area contributed by atoms with E-state index in [2.05, 4.69) is 0 Å². The lowest BCUT2D eigenvalue weighted by molar-refractivity contribution is -0.113. The monoisotopic (exact) mass is 327 g/mol. The van der Waals surface area contributed by atoms with Crippen LogP contribution in [0.5, 0.6) is 0 Å². The third-order valence-corrected chi connectivity index (χ3v) is 4.44. The number of benzene rings is 2. The van der Waals surface area contributed by atoms with Crippen LogP contribution in [0.1, 0.15) is 16.7 Å². The number of hydrogen-bond acceptors (Lipinski definition) is 3. The van der Waals surface area contributed by atoms with Crippen LogP contribution in [0.25, 0.3) is 6.08 Å². The highest BCUT2D eigenvalue weighted by atomic mass is 32.2. The van der Waals surface area contributed by atoms with Gasteiger partial charge in [-0.3, -0.25) is 9.59 Å². The van der Waals surface area contributed by atoms with E-state index >= 15 is 0 Å². The zero-order valence-electron chi connectivity index (χ0n) is 12.7. The Hall–Kier alpha value is -2.40. The van der Waals surface area contributed by atoms with Gasteiger partial charge < -0.3 is 0 Å². The number of rotatable bonds is 2. The highest BCUT2D eigenvalue weighted by Crippen LogP contribution is 2.37. The maximum Gasteiger partial charge on any atom is 0.298 e. The summed E-state index contributed by atoms with van der Waals surface area (Å²) in [6, 6.07) is 11.4. The summed E-state index contributed by atoms with van der Waals surface area (Å²) in [6.45, 7) is 3.78. The quantitative estimate of drug-likeness (QED) is 0.751. The zero-order valence-corrected chi connectivity index (χ0v) is 13.5. The molecule has 1 heterocycles. The molecule has 0 N–H and O–H groups in total. The van der Waals surface area contributed by atoms with E-state index in [1.165, 1.54) is 17.0 Å². The Morgan fingerprint density at radius 1 is 1.04 bits per heavy atom. The molecule has 0 unspecified atom stereocenters. The lowest BCUT2D eigenvalue weighted by Crippen LogP contribution is -2.28. The first-order valence-electron chi connectivity index (χ1n) is 7.06. The van der Waals surface area contributed by atoms with Crippen LogP contribution in [0.3, 0.4) is 0 Å². The number of carbonyl (C=O) groups is 2. The molecule has 2 aromatic carbocycles. The molecule has 0 aromatic heterocycles. The van der Waals surface area contributed by atoms with Gasteiger partial charge in [0.05, 0.1) is 10.6 Å². The Labute approximate surface area is 137 Å². The van der Waals surface area contributed by atoms with Crippen molar-refractivity contribution in [1.29, 1.82) is 0 Å². The molecule has 5 heteroatoms. The molecule has 3 nitrogen and oxygen atoms in total. The molecule has 1 aliphatic heterocycles. The molecular weight excluding hydrogens is 313 g/mol. The highest BCUT2D eigenvalue weighted by molar-refractivity contribution is 8.19. The molecular formula is C18H14FNO2S. The van der Waals surface area contributed by atoms with E-state index in [4.69, 9.17) is 0 Å². The zero-order chi connectivity index (χ0) is 16.6. The van der Waals surface area contributed by atoms with Crippen molar-refractivity contribution in [3.63, 3.8) is 0 Å². The van der Waals surface area contributed by atoms with Gasteiger partial charge >= 0.3 is 0 Å². The van der Waals surface area contributed by atoms with E-state index in [1.54, 1.807) is 18.2 Å². The van der Waals surface area contributed by atoms with Gasteiger partial charge in [-0.25, -0.2) is 9.29 Å². The Morgan fingerprint density at radius 2 is 1.74 bits per heavy atom. The second-order valence-corrected chi connectivity index (χ2v) is 6.35. The number of imide groups is 1. The minimum Gasteiger partial charge on any atom is -0.268 e. The normalized spacial score (nSPS) is 16.5. The summed E-state index contributed by atoms with van der Waals surface area (Å²) in [4.78, 5) is 26.4. The van der Waals surface area contributed by atoms with Crippen LogP contribution in [0.4, 0.5) is 14.9 Å². The molecule has 0 radical (unpaired) electrons. The number of nitrogens with zero attached hydrogens (tertiary/aromatic N) is 1. The van der Waals surface area contributed by atoms with Crippen molar-refractivity contribution in [3.8, 4) is 0 Å². The van der Waals surface area contributed by atoms with Crippen molar-refractivity contribution < 1.29 is 14.0 Å². The fourth-order valence-corrected chi connectivity index (χ4v) is 3.18. The topological polar surface area (TPSA) is 37.4 Å². The molecule has 1 fully saturated rings. The second-order valence-electron chi connectivity index (χ2n) is 5.36. The van der Waals surface area contributed by atoms with E-state index in [9.17, 15) is 14.0 Å². The third kappa shape index (κ3) is 3.05. The van der Waals surface area contributed by atoms with E-state index in [0.29, 0.717) is 16.2 Å². The van der Waals surface area contributed by atoms with Crippen LogP contribution >= 0.6 is 11.8 Å². The van der Waals surface area contributed by atoms with Crippen LogP contribution in [0.2, 0.25) is 0 Å². The maximum absolute atomic E-state index is 12.9. The number of amides is 2. The largest absolute Gasteiger partial charge is 0.298 e. The van der Waals surface area contributed by atoms with Crippen molar-refractivity contribution in [2.75, 3.05) is 4.90 Å². The van der Waals surface area contributed by atoms with Crippen LogP contribution < -0.4 is 4.90 Å². The van der Waals surface area contributed by atoms with Crippen LogP contribution in [-0.4, -0.2) is 11.1 Å².